The van der Waals surface area contributed by atoms with Crippen LogP contribution in [0, 0.1) is 5.82 Å². The van der Waals surface area contributed by atoms with E-state index in [9.17, 15) is 18.8 Å². The number of hydrogen-bond donors (Lipinski definition) is 1. The van der Waals surface area contributed by atoms with Crippen molar-refractivity contribution in [1.82, 2.24) is 0 Å². The molecule has 0 aliphatic carbocycles. The average molecular weight is 431 g/mol. The Balaban J connectivity index is 2.31. The Hall–Kier alpha value is -3.42. The van der Waals surface area contributed by atoms with Crippen LogP contribution in [0.5, 0.6) is 5.75 Å². The highest BCUT2D eigenvalue weighted by Gasteiger charge is 2.23. The normalized spacial score (nSPS) is 11.5. The smallest absolute Gasteiger partial charge is 0.417 e. The minimum absolute atomic E-state index is 0.0513. The molecule has 0 saturated heterocycles. The Morgan fingerprint density at radius 3 is 1.65 bits per heavy atom. The maximum absolute atomic E-state index is 13.0. The van der Waals surface area contributed by atoms with E-state index in [1.807, 2.05) is 0 Å². The average Bonchev–Trinajstić information content (AvgIpc) is 2.60. The molecule has 0 bridgehead atoms. The predicted molar refractivity (Wildman–Crippen MR) is 113 cm³/mol. The maximum atomic E-state index is 13.0. The van der Waals surface area contributed by atoms with Gasteiger partial charge in [0.15, 0.2) is 0 Å². The second kappa shape index (κ2) is 9.16. The molecule has 2 aromatic carbocycles. The zero-order valence-corrected chi connectivity index (χ0v) is 18.4. The molecule has 1 N–H and O–H groups in total. The predicted octanol–water partition coefficient (Wildman–Crippen LogP) is 5.35. The highest BCUT2D eigenvalue weighted by molar-refractivity contribution is 5.99. The Morgan fingerprint density at radius 2 is 1.23 bits per heavy atom. The Kier molecular flexibility index (Phi) is 7.05. The van der Waals surface area contributed by atoms with Crippen molar-refractivity contribution in [2.45, 2.75) is 52.7 Å². The lowest BCUT2D eigenvalue weighted by Gasteiger charge is -2.21. The number of amides is 1. The third-order valence-corrected chi connectivity index (χ3v) is 3.47. The zero-order valence-electron chi connectivity index (χ0n) is 18.4. The summed E-state index contributed by atoms with van der Waals surface area (Å²) in [4.78, 5) is 37.3. The van der Waals surface area contributed by atoms with E-state index in [-0.39, 0.29) is 22.6 Å². The highest BCUT2D eigenvalue weighted by Crippen LogP contribution is 2.22. The number of carbonyl (C=O) groups is 3. The number of esters is 2. The van der Waals surface area contributed by atoms with Crippen molar-refractivity contribution >= 4 is 23.7 Å². The van der Waals surface area contributed by atoms with E-state index in [1.54, 1.807) is 41.5 Å². The molecule has 0 aromatic heterocycles. The second-order valence-corrected chi connectivity index (χ2v) is 8.77. The standard InChI is InChI=1S/C23H26FNO6/c1-22(2,3)30-19(26)14-11-15(20(27)31-23(4,5)6)13-17(12-14)25-21(28)29-18-9-7-16(24)8-10-18/h7-13H,1-6H3,(H,25,28). The summed E-state index contributed by atoms with van der Waals surface area (Å²) in [5, 5.41) is 2.45. The first-order valence-electron chi connectivity index (χ1n) is 9.58. The molecule has 2 rings (SSSR count). The second-order valence-electron chi connectivity index (χ2n) is 8.77. The monoisotopic (exact) mass is 431 g/mol. The minimum Gasteiger partial charge on any atom is -0.456 e. The van der Waals surface area contributed by atoms with Crippen LogP contribution in [0.2, 0.25) is 0 Å². The molecule has 0 aliphatic rings. The van der Waals surface area contributed by atoms with Crippen LogP contribution >= 0.6 is 0 Å². The fraction of sp³-hybridized carbons (Fsp3) is 0.348. The molecule has 0 fully saturated rings. The molecule has 0 saturated carbocycles. The molecular weight excluding hydrogens is 405 g/mol. The van der Waals surface area contributed by atoms with Crippen molar-refractivity contribution in [3.8, 4) is 5.75 Å². The van der Waals surface area contributed by atoms with Gasteiger partial charge in [0.05, 0.1) is 11.1 Å². The van der Waals surface area contributed by atoms with Gasteiger partial charge < -0.3 is 14.2 Å². The topological polar surface area (TPSA) is 90.9 Å². The Morgan fingerprint density at radius 1 is 0.774 bits per heavy atom. The van der Waals surface area contributed by atoms with E-state index in [4.69, 9.17) is 14.2 Å². The van der Waals surface area contributed by atoms with Gasteiger partial charge in [0.2, 0.25) is 0 Å². The van der Waals surface area contributed by atoms with Crippen LogP contribution in [-0.2, 0) is 9.47 Å². The third kappa shape index (κ3) is 8.08. The number of hydrogen-bond acceptors (Lipinski definition) is 6. The van der Waals surface area contributed by atoms with E-state index in [2.05, 4.69) is 5.32 Å². The summed E-state index contributed by atoms with van der Waals surface area (Å²) in [6.45, 7) is 10.3. The van der Waals surface area contributed by atoms with Crippen molar-refractivity contribution in [1.29, 1.82) is 0 Å². The fourth-order valence-electron chi connectivity index (χ4n) is 2.36. The zero-order chi connectivity index (χ0) is 23.4. The lowest BCUT2D eigenvalue weighted by Crippen LogP contribution is -2.26. The molecule has 8 heteroatoms. The molecular formula is C23H26FNO6. The van der Waals surface area contributed by atoms with Crippen LogP contribution in [0.3, 0.4) is 0 Å². The fourth-order valence-corrected chi connectivity index (χ4v) is 2.36. The summed E-state index contributed by atoms with van der Waals surface area (Å²) in [5.41, 5.74) is -1.29. The van der Waals surface area contributed by atoms with Crippen molar-refractivity contribution in [2.75, 3.05) is 5.32 Å². The number of anilines is 1. The first-order chi connectivity index (χ1) is 14.2. The van der Waals surface area contributed by atoms with Crippen LogP contribution < -0.4 is 10.1 Å². The van der Waals surface area contributed by atoms with Gasteiger partial charge in [-0.25, -0.2) is 18.8 Å². The minimum atomic E-state index is -0.886. The van der Waals surface area contributed by atoms with Gasteiger partial charge in [0, 0.05) is 5.69 Å². The number of rotatable bonds is 4. The van der Waals surface area contributed by atoms with Crippen LogP contribution in [-0.4, -0.2) is 29.2 Å². The number of nitrogens with one attached hydrogen (secondary N) is 1. The third-order valence-electron chi connectivity index (χ3n) is 3.47. The van der Waals surface area contributed by atoms with E-state index in [0.29, 0.717) is 0 Å². The van der Waals surface area contributed by atoms with Crippen molar-refractivity contribution < 1.29 is 33.0 Å². The maximum Gasteiger partial charge on any atom is 0.417 e. The van der Waals surface area contributed by atoms with Gasteiger partial charge in [-0.05, 0) is 84.0 Å². The van der Waals surface area contributed by atoms with Crippen molar-refractivity contribution in [2.24, 2.45) is 0 Å². The Bertz CT molecular complexity index is 925. The molecule has 0 atom stereocenters. The molecule has 166 valence electrons. The first-order valence-corrected chi connectivity index (χ1v) is 9.58. The Labute approximate surface area is 180 Å². The highest BCUT2D eigenvalue weighted by atomic mass is 19.1. The van der Waals surface area contributed by atoms with Crippen LogP contribution in [0.4, 0.5) is 14.9 Å². The molecule has 31 heavy (non-hydrogen) atoms. The van der Waals surface area contributed by atoms with Crippen molar-refractivity contribution in [3.05, 3.63) is 59.4 Å². The lowest BCUT2D eigenvalue weighted by molar-refractivity contribution is 0.00676. The first kappa shape index (κ1) is 23.9. The van der Waals surface area contributed by atoms with Gasteiger partial charge in [-0.15, -0.1) is 0 Å². The molecule has 7 nitrogen and oxygen atoms in total. The molecule has 2 aromatic rings. The van der Waals surface area contributed by atoms with Gasteiger partial charge in [-0.3, -0.25) is 5.32 Å². The summed E-state index contributed by atoms with van der Waals surface area (Å²) in [5.74, 6) is -1.70. The van der Waals surface area contributed by atoms with Gasteiger partial charge in [0.25, 0.3) is 0 Å². The quantitative estimate of drug-likeness (QED) is 0.657. The van der Waals surface area contributed by atoms with E-state index in [1.165, 1.54) is 30.3 Å². The largest absolute Gasteiger partial charge is 0.456 e. The van der Waals surface area contributed by atoms with E-state index in [0.717, 1.165) is 12.1 Å². The van der Waals surface area contributed by atoms with Crippen LogP contribution in [0.1, 0.15) is 62.3 Å². The van der Waals surface area contributed by atoms with Gasteiger partial charge in [-0.2, -0.15) is 0 Å². The molecule has 1 amide bonds. The number of halogens is 1. The molecule has 0 heterocycles. The van der Waals surface area contributed by atoms with Crippen LogP contribution in [0.15, 0.2) is 42.5 Å². The lowest BCUT2D eigenvalue weighted by atomic mass is 10.1. The molecule has 0 unspecified atom stereocenters. The number of carbonyl (C=O) groups excluding carboxylic acids is 3. The summed E-state index contributed by atoms with van der Waals surface area (Å²) in [6.07, 6.45) is -0.886. The van der Waals surface area contributed by atoms with Crippen LogP contribution in [0.25, 0.3) is 0 Å². The summed E-state index contributed by atoms with van der Waals surface area (Å²) in [7, 11) is 0. The molecule has 0 spiro atoms. The van der Waals surface area contributed by atoms with Gasteiger partial charge in [0.1, 0.15) is 22.8 Å². The van der Waals surface area contributed by atoms with E-state index >= 15 is 0 Å². The molecule has 0 radical (unpaired) electrons. The molecule has 0 aliphatic heterocycles. The van der Waals surface area contributed by atoms with Gasteiger partial charge >= 0.3 is 18.0 Å². The van der Waals surface area contributed by atoms with E-state index < -0.39 is 35.1 Å². The number of ether oxygens (including phenoxy) is 3. The SMILES string of the molecule is CC(C)(C)OC(=O)c1cc(NC(=O)Oc2ccc(F)cc2)cc(C(=O)OC(C)(C)C)c1. The number of benzene rings is 2. The van der Waals surface area contributed by atoms with Crippen molar-refractivity contribution in [3.63, 3.8) is 0 Å². The summed E-state index contributed by atoms with van der Waals surface area (Å²) in [6, 6.07) is 8.91. The van der Waals surface area contributed by atoms with Gasteiger partial charge in [-0.1, -0.05) is 0 Å². The summed E-state index contributed by atoms with van der Waals surface area (Å²) < 4.78 is 28.8. The summed E-state index contributed by atoms with van der Waals surface area (Å²) >= 11 is 0.